The molecule has 0 saturated carbocycles. The summed E-state index contributed by atoms with van der Waals surface area (Å²) in [6.45, 7) is 1.83. The summed E-state index contributed by atoms with van der Waals surface area (Å²) in [4.78, 5) is 0. The molecular formula is C11H13FN2O2S. The molecule has 0 heterocycles. The molecule has 17 heavy (non-hydrogen) atoms. The predicted molar refractivity (Wildman–Crippen MR) is 63.9 cm³/mol. The molecule has 1 N–H and O–H groups in total. The van der Waals surface area contributed by atoms with Crippen molar-refractivity contribution in [3.05, 3.63) is 29.6 Å². The Kier molecular flexibility index (Phi) is 4.46. The van der Waals surface area contributed by atoms with E-state index in [-0.39, 0.29) is 23.6 Å². The molecule has 0 spiro atoms. The molecule has 0 aliphatic rings. The Labute approximate surface area is 100.0 Å². The minimum Gasteiger partial charge on any atom is -0.384 e. The van der Waals surface area contributed by atoms with E-state index in [2.05, 4.69) is 5.32 Å². The van der Waals surface area contributed by atoms with Gasteiger partial charge in [-0.2, -0.15) is 5.26 Å². The van der Waals surface area contributed by atoms with Crippen LogP contribution in [-0.4, -0.2) is 26.5 Å². The number of hydrogen-bond acceptors (Lipinski definition) is 4. The zero-order valence-corrected chi connectivity index (χ0v) is 10.2. The molecule has 6 heteroatoms. The van der Waals surface area contributed by atoms with Crippen LogP contribution in [0.5, 0.6) is 0 Å². The minimum atomic E-state index is -3.02. The van der Waals surface area contributed by atoms with Crippen molar-refractivity contribution in [1.82, 2.24) is 0 Å². The highest BCUT2D eigenvalue weighted by molar-refractivity contribution is 7.91. The molecule has 0 aromatic heterocycles. The number of sulfone groups is 1. The van der Waals surface area contributed by atoms with Crippen molar-refractivity contribution < 1.29 is 12.8 Å². The van der Waals surface area contributed by atoms with Crippen LogP contribution >= 0.6 is 0 Å². The van der Waals surface area contributed by atoms with Crippen LogP contribution in [0.4, 0.5) is 10.1 Å². The van der Waals surface area contributed by atoms with Crippen LogP contribution in [0.2, 0.25) is 0 Å². The van der Waals surface area contributed by atoms with Crippen LogP contribution in [0.15, 0.2) is 18.2 Å². The molecule has 0 unspecified atom stereocenters. The topological polar surface area (TPSA) is 70.0 Å². The minimum absolute atomic E-state index is 0.0166. The van der Waals surface area contributed by atoms with E-state index in [0.29, 0.717) is 5.69 Å². The van der Waals surface area contributed by atoms with E-state index in [4.69, 9.17) is 5.26 Å². The van der Waals surface area contributed by atoms with Gasteiger partial charge < -0.3 is 5.32 Å². The van der Waals surface area contributed by atoms with Crippen LogP contribution in [0.25, 0.3) is 0 Å². The summed E-state index contributed by atoms with van der Waals surface area (Å²) in [5.74, 6) is -0.469. The first-order valence-corrected chi connectivity index (χ1v) is 6.94. The van der Waals surface area contributed by atoms with E-state index >= 15 is 0 Å². The van der Waals surface area contributed by atoms with E-state index in [1.165, 1.54) is 18.2 Å². The molecule has 0 saturated heterocycles. The number of benzene rings is 1. The molecule has 0 atom stereocenters. The number of nitriles is 1. The lowest BCUT2D eigenvalue weighted by molar-refractivity contribution is 0.597. The highest BCUT2D eigenvalue weighted by atomic mass is 32.2. The summed E-state index contributed by atoms with van der Waals surface area (Å²) in [7, 11) is -3.02. The average molecular weight is 256 g/mol. The SMILES string of the molecule is CCS(=O)(=O)CCNc1ccc(F)c(C#N)c1. The van der Waals surface area contributed by atoms with Gasteiger partial charge in [-0.1, -0.05) is 6.92 Å². The van der Waals surface area contributed by atoms with Crippen LogP contribution < -0.4 is 5.32 Å². The molecule has 1 aromatic carbocycles. The Morgan fingerprint density at radius 2 is 2.18 bits per heavy atom. The van der Waals surface area contributed by atoms with Crippen molar-refractivity contribution in [3.8, 4) is 6.07 Å². The number of anilines is 1. The first kappa shape index (κ1) is 13.5. The Balaban J connectivity index is 2.63. The van der Waals surface area contributed by atoms with Crippen molar-refractivity contribution >= 4 is 15.5 Å². The Morgan fingerprint density at radius 3 is 2.76 bits per heavy atom. The normalized spacial score (nSPS) is 10.9. The number of nitrogens with zero attached hydrogens (tertiary/aromatic N) is 1. The van der Waals surface area contributed by atoms with Gasteiger partial charge in [0.05, 0.1) is 11.3 Å². The fourth-order valence-corrected chi connectivity index (χ4v) is 1.92. The van der Waals surface area contributed by atoms with E-state index in [1.807, 2.05) is 0 Å². The van der Waals surface area contributed by atoms with Crippen molar-refractivity contribution in [1.29, 1.82) is 5.26 Å². The fraction of sp³-hybridized carbons (Fsp3) is 0.364. The van der Waals surface area contributed by atoms with Gasteiger partial charge in [0, 0.05) is 18.0 Å². The zero-order chi connectivity index (χ0) is 12.9. The van der Waals surface area contributed by atoms with Gasteiger partial charge in [-0.25, -0.2) is 12.8 Å². The lowest BCUT2D eigenvalue weighted by atomic mass is 10.2. The van der Waals surface area contributed by atoms with E-state index < -0.39 is 15.7 Å². The summed E-state index contributed by atoms with van der Waals surface area (Å²) in [5.41, 5.74) is 0.475. The average Bonchev–Trinajstić information content (AvgIpc) is 2.31. The van der Waals surface area contributed by atoms with Gasteiger partial charge >= 0.3 is 0 Å². The van der Waals surface area contributed by atoms with Crippen LogP contribution in [0.1, 0.15) is 12.5 Å². The summed E-state index contributed by atoms with van der Waals surface area (Å²) < 4.78 is 35.4. The third-order valence-electron chi connectivity index (χ3n) is 2.27. The van der Waals surface area contributed by atoms with E-state index in [9.17, 15) is 12.8 Å². The molecule has 0 amide bonds. The second-order valence-electron chi connectivity index (χ2n) is 3.47. The summed E-state index contributed by atoms with van der Waals surface area (Å²) in [6.07, 6.45) is 0. The molecular weight excluding hydrogens is 243 g/mol. The van der Waals surface area contributed by atoms with Crippen molar-refractivity contribution in [2.24, 2.45) is 0 Å². The molecule has 0 aliphatic heterocycles. The second kappa shape index (κ2) is 5.64. The molecule has 92 valence electrons. The van der Waals surface area contributed by atoms with Crippen molar-refractivity contribution in [2.75, 3.05) is 23.4 Å². The van der Waals surface area contributed by atoms with Gasteiger partial charge in [0.15, 0.2) is 9.84 Å². The maximum absolute atomic E-state index is 13.0. The largest absolute Gasteiger partial charge is 0.384 e. The number of halogens is 1. The van der Waals surface area contributed by atoms with Gasteiger partial charge in [0.1, 0.15) is 11.9 Å². The molecule has 0 fully saturated rings. The zero-order valence-electron chi connectivity index (χ0n) is 9.40. The van der Waals surface area contributed by atoms with Gasteiger partial charge in [0.25, 0.3) is 0 Å². The van der Waals surface area contributed by atoms with Gasteiger partial charge in [-0.3, -0.25) is 0 Å². The third kappa shape index (κ3) is 4.04. The third-order valence-corrected chi connectivity index (χ3v) is 3.97. The standard InChI is InChI=1S/C11H13FN2O2S/c1-2-17(15,16)6-5-14-10-3-4-11(12)9(7-10)8-13/h3-4,7,14H,2,5-6H2,1H3. The smallest absolute Gasteiger partial charge is 0.151 e. The maximum atomic E-state index is 13.0. The summed E-state index contributed by atoms with van der Waals surface area (Å²) in [6, 6.07) is 5.72. The molecule has 0 radical (unpaired) electrons. The van der Waals surface area contributed by atoms with Crippen molar-refractivity contribution in [3.63, 3.8) is 0 Å². The molecule has 1 aromatic rings. The molecule has 1 rings (SSSR count). The number of nitrogens with one attached hydrogen (secondary N) is 1. The second-order valence-corrected chi connectivity index (χ2v) is 5.94. The predicted octanol–water partition coefficient (Wildman–Crippen LogP) is 1.54. The molecule has 0 aliphatic carbocycles. The van der Waals surface area contributed by atoms with Gasteiger partial charge in [-0.15, -0.1) is 0 Å². The van der Waals surface area contributed by atoms with Crippen LogP contribution in [-0.2, 0) is 9.84 Å². The van der Waals surface area contributed by atoms with Crippen LogP contribution in [0, 0.1) is 17.1 Å². The lowest BCUT2D eigenvalue weighted by Gasteiger charge is -2.06. The van der Waals surface area contributed by atoms with Gasteiger partial charge in [0.2, 0.25) is 0 Å². The number of hydrogen-bond donors (Lipinski definition) is 1. The first-order chi connectivity index (χ1) is 7.98. The Bertz CT molecular complexity index is 535. The Morgan fingerprint density at radius 1 is 1.47 bits per heavy atom. The quantitative estimate of drug-likeness (QED) is 0.867. The summed E-state index contributed by atoms with van der Waals surface area (Å²) in [5, 5.41) is 11.5. The Hall–Kier alpha value is -1.61. The lowest BCUT2D eigenvalue weighted by Crippen LogP contribution is -2.17. The highest BCUT2D eigenvalue weighted by Crippen LogP contribution is 2.13. The van der Waals surface area contributed by atoms with Gasteiger partial charge in [-0.05, 0) is 18.2 Å². The maximum Gasteiger partial charge on any atom is 0.151 e. The highest BCUT2D eigenvalue weighted by Gasteiger charge is 2.07. The monoisotopic (exact) mass is 256 g/mol. The van der Waals surface area contributed by atoms with Crippen molar-refractivity contribution in [2.45, 2.75) is 6.92 Å². The van der Waals surface area contributed by atoms with E-state index in [0.717, 1.165) is 0 Å². The molecule has 0 bridgehead atoms. The summed E-state index contributed by atoms with van der Waals surface area (Å²) >= 11 is 0. The van der Waals surface area contributed by atoms with E-state index in [1.54, 1.807) is 13.0 Å². The molecule has 4 nitrogen and oxygen atoms in total. The first-order valence-electron chi connectivity index (χ1n) is 5.12. The fourth-order valence-electron chi connectivity index (χ4n) is 1.22. The number of rotatable bonds is 5. The van der Waals surface area contributed by atoms with Crippen LogP contribution in [0.3, 0.4) is 0 Å².